The normalized spacial score (nSPS) is 12.0. The van der Waals surface area contributed by atoms with Gasteiger partial charge in [0.1, 0.15) is 12.1 Å². The Morgan fingerprint density at radius 2 is 1.67 bits per heavy atom. The maximum atomic E-state index is 3.83. The zero-order valence-electron chi connectivity index (χ0n) is 4.62. The topological polar surface area (TPSA) is 55.3 Å². The van der Waals surface area contributed by atoms with Gasteiger partial charge in [0.05, 0.1) is 0 Å². The van der Waals surface area contributed by atoms with E-state index in [0.717, 1.165) is 6.54 Å². The van der Waals surface area contributed by atoms with Gasteiger partial charge in [-0.05, 0) is 13.8 Å². The van der Waals surface area contributed by atoms with Gasteiger partial charge < -0.3 is 11.5 Å². The first-order valence-electron chi connectivity index (χ1n) is 2.21. The van der Waals surface area contributed by atoms with Crippen LogP contribution in [0, 0.1) is 0 Å². The molecule has 0 rings (SSSR count). The fourth-order valence-corrected chi connectivity index (χ4v) is 0. The lowest BCUT2D eigenvalue weighted by atomic mass is 10.1. The van der Waals surface area contributed by atoms with Gasteiger partial charge in [-0.1, -0.05) is 0 Å². The van der Waals surface area contributed by atoms with Crippen LogP contribution in [0.15, 0.2) is 0 Å². The van der Waals surface area contributed by atoms with Crippen LogP contribution in [0.4, 0.5) is 0 Å². The Balaban J connectivity index is 3.17. The third kappa shape index (κ3) is 3.92. The fraction of sp³-hybridized carbons (Fsp3) is 1.00. The van der Waals surface area contributed by atoms with Crippen LogP contribution >= 0.6 is 0 Å². The average molecular weight is 90.2 g/mol. The van der Waals surface area contributed by atoms with E-state index in [2.05, 4.69) is 25.3 Å². The molecule has 0 bridgehead atoms. The van der Waals surface area contributed by atoms with Crippen molar-refractivity contribution in [1.29, 1.82) is 0 Å². The summed E-state index contributed by atoms with van der Waals surface area (Å²) in [5.74, 6) is 0. The van der Waals surface area contributed by atoms with Gasteiger partial charge in [0.15, 0.2) is 0 Å². The van der Waals surface area contributed by atoms with E-state index >= 15 is 0 Å². The van der Waals surface area contributed by atoms with Crippen molar-refractivity contribution in [2.24, 2.45) is 0 Å². The lowest BCUT2D eigenvalue weighted by molar-refractivity contribution is -0.530. The molecular formula is C4H14N2+2. The van der Waals surface area contributed by atoms with Crippen molar-refractivity contribution >= 4 is 0 Å². The van der Waals surface area contributed by atoms with E-state index in [0.29, 0.717) is 0 Å². The van der Waals surface area contributed by atoms with Crippen LogP contribution in [0.25, 0.3) is 0 Å². The summed E-state index contributed by atoms with van der Waals surface area (Å²) in [7, 11) is 0. The Morgan fingerprint density at radius 1 is 1.50 bits per heavy atom. The molecular weight excluding hydrogens is 76.1 g/mol. The zero-order chi connectivity index (χ0) is 5.21. The summed E-state index contributed by atoms with van der Waals surface area (Å²) in [6.45, 7) is 5.05. The van der Waals surface area contributed by atoms with Crippen molar-refractivity contribution in [3.05, 3.63) is 0 Å². The van der Waals surface area contributed by atoms with E-state index in [1.54, 1.807) is 0 Å². The van der Waals surface area contributed by atoms with Crippen LogP contribution in [0.5, 0.6) is 0 Å². The second kappa shape index (κ2) is 1.58. The van der Waals surface area contributed by atoms with Gasteiger partial charge >= 0.3 is 0 Å². The molecule has 0 heterocycles. The van der Waals surface area contributed by atoms with E-state index in [1.165, 1.54) is 0 Å². The first-order chi connectivity index (χ1) is 2.56. The lowest BCUT2D eigenvalue weighted by Crippen LogP contribution is -2.79. The molecule has 0 amide bonds. The number of hydrogen-bond acceptors (Lipinski definition) is 0. The summed E-state index contributed by atoms with van der Waals surface area (Å²) < 4.78 is 0. The Kier molecular flexibility index (Phi) is 1.56. The van der Waals surface area contributed by atoms with Crippen molar-refractivity contribution in [3.63, 3.8) is 0 Å². The maximum absolute atomic E-state index is 3.83. The molecule has 0 fully saturated rings. The van der Waals surface area contributed by atoms with Gasteiger partial charge in [-0.2, -0.15) is 0 Å². The molecule has 2 nitrogen and oxygen atoms in total. The Hall–Kier alpha value is -0.0800. The van der Waals surface area contributed by atoms with E-state index in [-0.39, 0.29) is 5.54 Å². The van der Waals surface area contributed by atoms with Crippen molar-refractivity contribution in [2.75, 3.05) is 6.54 Å². The van der Waals surface area contributed by atoms with Crippen molar-refractivity contribution in [3.8, 4) is 0 Å². The third-order valence-corrected chi connectivity index (χ3v) is 0.677. The minimum absolute atomic E-state index is 0.181. The minimum atomic E-state index is 0.181. The fourth-order valence-electron chi connectivity index (χ4n) is 0. The van der Waals surface area contributed by atoms with Crippen molar-refractivity contribution in [2.45, 2.75) is 19.4 Å². The molecule has 38 valence electrons. The molecule has 0 saturated heterocycles. The van der Waals surface area contributed by atoms with E-state index in [9.17, 15) is 0 Å². The molecule has 6 heavy (non-hydrogen) atoms. The number of quaternary nitrogens is 2. The first kappa shape index (κ1) is 5.92. The highest BCUT2D eigenvalue weighted by atomic mass is 14.8. The number of rotatable bonds is 1. The van der Waals surface area contributed by atoms with Gasteiger partial charge in [0.2, 0.25) is 0 Å². The predicted molar refractivity (Wildman–Crippen MR) is 24.7 cm³/mol. The minimum Gasteiger partial charge on any atom is -0.352 e. The van der Waals surface area contributed by atoms with Crippen LogP contribution in [0.3, 0.4) is 0 Å². The molecule has 6 N–H and O–H groups in total. The lowest BCUT2D eigenvalue weighted by Gasteiger charge is -2.05. The van der Waals surface area contributed by atoms with Gasteiger partial charge in [-0.25, -0.2) is 0 Å². The van der Waals surface area contributed by atoms with Crippen LogP contribution in [0.1, 0.15) is 13.8 Å². The molecule has 0 aromatic rings. The molecule has 0 unspecified atom stereocenters. The molecule has 0 aromatic carbocycles. The molecule has 0 aromatic heterocycles. The molecule has 0 aliphatic rings. The highest BCUT2D eigenvalue weighted by molar-refractivity contribution is 4.56. The van der Waals surface area contributed by atoms with Crippen molar-refractivity contribution in [1.82, 2.24) is 0 Å². The predicted octanol–water partition coefficient (Wildman–Crippen LogP) is -1.75. The van der Waals surface area contributed by atoms with Crippen LogP contribution in [-0.4, -0.2) is 12.1 Å². The van der Waals surface area contributed by atoms with Crippen LogP contribution in [-0.2, 0) is 0 Å². The Morgan fingerprint density at radius 3 is 1.67 bits per heavy atom. The zero-order valence-corrected chi connectivity index (χ0v) is 4.62. The SMILES string of the molecule is CC(C)([NH3+])C[NH3+]. The third-order valence-electron chi connectivity index (χ3n) is 0.677. The number of hydrogen-bond donors (Lipinski definition) is 2. The van der Waals surface area contributed by atoms with Crippen LogP contribution in [0.2, 0.25) is 0 Å². The molecule has 0 aliphatic carbocycles. The summed E-state index contributed by atoms with van der Waals surface area (Å²) >= 11 is 0. The quantitative estimate of drug-likeness (QED) is 0.383. The first-order valence-corrected chi connectivity index (χ1v) is 2.21. The monoisotopic (exact) mass is 90.1 g/mol. The summed E-state index contributed by atoms with van der Waals surface area (Å²) in [5.41, 5.74) is 7.70. The van der Waals surface area contributed by atoms with Crippen molar-refractivity contribution < 1.29 is 11.5 Å². The largest absolute Gasteiger partial charge is 0.352 e. The second-order valence-electron chi connectivity index (χ2n) is 2.41. The summed E-state index contributed by atoms with van der Waals surface area (Å²) in [6.07, 6.45) is 0. The standard InChI is InChI=1S/C4H12N2/c1-4(2,6)3-5/h3,5-6H2,1-2H3/p+2. The molecule has 0 aliphatic heterocycles. The van der Waals surface area contributed by atoms with Gasteiger partial charge in [-0.15, -0.1) is 0 Å². The van der Waals surface area contributed by atoms with E-state index in [1.807, 2.05) is 0 Å². The van der Waals surface area contributed by atoms with E-state index < -0.39 is 0 Å². The Labute approximate surface area is 38.5 Å². The highest BCUT2D eigenvalue weighted by Crippen LogP contribution is 1.82. The molecule has 2 heteroatoms. The molecule has 0 radical (unpaired) electrons. The van der Waals surface area contributed by atoms with Gasteiger partial charge in [-0.3, -0.25) is 0 Å². The Bertz CT molecular complexity index is 35.3. The average Bonchev–Trinajstić information content (AvgIpc) is 1.35. The summed E-state index contributed by atoms with van der Waals surface area (Å²) in [4.78, 5) is 0. The molecule has 0 spiro atoms. The maximum Gasteiger partial charge on any atom is 0.138 e. The van der Waals surface area contributed by atoms with Crippen LogP contribution < -0.4 is 11.5 Å². The summed E-state index contributed by atoms with van der Waals surface area (Å²) in [6, 6.07) is 0. The van der Waals surface area contributed by atoms with E-state index in [4.69, 9.17) is 0 Å². The van der Waals surface area contributed by atoms with Gasteiger partial charge in [0.25, 0.3) is 0 Å². The van der Waals surface area contributed by atoms with Gasteiger partial charge in [0, 0.05) is 0 Å². The second-order valence-corrected chi connectivity index (χ2v) is 2.41. The smallest absolute Gasteiger partial charge is 0.138 e. The molecule has 0 saturated carbocycles. The molecule has 0 atom stereocenters. The summed E-state index contributed by atoms with van der Waals surface area (Å²) in [5, 5.41) is 0. The highest BCUT2D eigenvalue weighted by Gasteiger charge is 2.12.